The van der Waals surface area contributed by atoms with Crippen LogP contribution in [0.3, 0.4) is 0 Å². The second-order valence-corrected chi connectivity index (χ2v) is 7.28. The lowest BCUT2D eigenvalue weighted by molar-refractivity contribution is -0.133. The summed E-state index contributed by atoms with van der Waals surface area (Å²) in [6, 6.07) is 0.107. The van der Waals surface area contributed by atoms with E-state index in [1.807, 2.05) is 6.92 Å². The van der Waals surface area contributed by atoms with Crippen LogP contribution in [0.25, 0.3) is 0 Å². The summed E-state index contributed by atoms with van der Waals surface area (Å²) in [5.41, 5.74) is 0. The van der Waals surface area contributed by atoms with E-state index in [1.165, 1.54) is 0 Å². The van der Waals surface area contributed by atoms with Crippen molar-refractivity contribution in [2.24, 2.45) is 0 Å². The summed E-state index contributed by atoms with van der Waals surface area (Å²) in [6.45, 7) is 3.16. The van der Waals surface area contributed by atoms with Crippen molar-refractivity contribution in [3.8, 4) is 0 Å². The zero-order chi connectivity index (χ0) is 12.5. The Morgan fingerprint density at radius 1 is 1.44 bits per heavy atom. The molecule has 2 heterocycles. The number of carbonyl (C=O) groups is 1. The van der Waals surface area contributed by atoms with Crippen LogP contribution in [0.5, 0.6) is 0 Å². The molecule has 0 saturated carbocycles. The lowest BCUT2D eigenvalue weighted by Crippen LogP contribution is -2.50. The topological polar surface area (TPSA) is 66.5 Å². The Morgan fingerprint density at radius 3 is 2.72 bits per heavy atom. The molecule has 2 unspecified atom stereocenters. The zero-order valence-electron chi connectivity index (χ0n) is 10.6. The summed E-state index contributed by atoms with van der Waals surface area (Å²) in [4.78, 5) is 13.8. The van der Waals surface area contributed by atoms with Gasteiger partial charge in [0, 0.05) is 25.0 Å². The van der Waals surface area contributed by atoms with E-state index in [2.05, 4.69) is 5.32 Å². The van der Waals surface area contributed by atoms with E-state index in [0.717, 1.165) is 19.4 Å². The predicted molar refractivity (Wildman–Crippen MR) is 72.7 cm³/mol. The minimum atomic E-state index is -2.94. The van der Waals surface area contributed by atoms with Crippen molar-refractivity contribution in [1.29, 1.82) is 0 Å². The average Bonchev–Trinajstić information content (AvgIpc) is 2.68. The first-order valence-corrected chi connectivity index (χ1v) is 8.03. The number of rotatable bonds is 2. The van der Waals surface area contributed by atoms with Crippen molar-refractivity contribution in [3.05, 3.63) is 0 Å². The number of hydrogen-bond donors (Lipinski definition) is 1. The highest BCUT2D eigenvalue weighted by Crippen LogP contribution is 2.16. The van der Waals surface area contributed by atoms with Gasteiger partial charge in [0.25, 0.3) is 0 Å². The molecule has 0 aromatic rings. The van der Waals surface area contributed by atoms with Crippen LogP contribution in [-0.4, -0.2) is 55.9 Å². The maximum Gasteiger partial charge on any atom is 0.224 e. The molecule has 1 N–H and O–H groups in total. The van der Waals surface area contributed by atoms with E-state index in [4.69, 9.17) is 0 Å². The number of sulfone groups is 1. The molecule has 0 bridgehead atoms. The molecule has 18 heavy (non-hydrogen) atoms. The molecule has 0 radical (unpaired) electrons. The maximum absolute atomic E-state index is 12.1. The van der Waals surface area contributed by atoms with Gasteiger partial charge in [-0.3, -0.25) is 4.79 Å². The number of halogens is 1. The normalized spacial score (nSPS) is 30.8. The predicted octanol–water partition coefficient (Wildman–Crippen LogP) is 0.196. The van der Waals surface area contributed by atoms with Gasteiger partial charge in [-0.1, -0.05) is 0 Å². The van der Waals surface area contributed by atoms with Crippen molar-refractivity contribution in [2.75, 3.05) is 24.6 Å². The van der Waals surface area contributed by atoms with Gasteiger partial charge in [-0.25, -0.2) is 8.42 Å². The fourth-order valence-corrected chi connectivity index (χ4v) is 4.18. The summed E-state index contributed by atoms with van der Waals surface area (Å²) >= 11 is 0. The third kappa shape index (κ3) is 3.83. The Kier molecular flexibility index (Phi) is 5.43. The highest BCUT2D eigenvalue weighted by atomic mass is 35.5. The first-order valence-electron chi connectivity index (χ1n) is 6.21. The van der Waals surface area contributed by atoms with Crippen molar-refractivity contribution < 1.29 is 13.2 Å². The largest absolute Gasteiger partial charge is 0.338 e. The number of nitrogens with one attached hydrogen (secondary N) is 1. The van der Waals surface area contributed by atoms with Crippen LogP contribution in [0.2, 0.25) is 0 Å². The average molecular weight is 297 g/mol. The molecule has 2 rings (SSSR count). The first-order chi connectivity index (χ1) is 7.98. The molecule has 7 heteroatoms. The Bertz CT molecular complexity index is 393. The Hall–Kier alpha value is -0.330. The molecular formula is C11H21ClN2O3S. The van der Waals surface area contributed by atoms with E-state index >= 15 is 0 Å². The van der Waals surface area contributed by atoms with Gasteiger partial charge in [-0.15, -0.1) is 12.4 Å². The maximum atomic E-state index is 12.1. The summed E-state index contributed by atoms with van der Waals surface area (Å²) in [6.07, 6.45) is 2.68. The first kappa shape index (κ1) is 15.7. The molecule has 1 amide bonds. The van der Waals surface area contributed by atoms with E-state index in [-0.39, 0.29) is 41.9 Å². The van der Waals surface area contributed by atoms with Gasteiger partial charge in [0.05, 0.1) is 11.5 Å². The van der Waals surface area contributed by atoms with Crippen molar-refractivity contribution in [2.45, 2.75) is 38.3 Å². The molecule has 0 aromatic carbocycles. The number of nitrogens with zero attached hydrogens (tertiary/aromatic N) is 1. The Labute approximate surface area is 115 Å². The van der Waals surface area contributed by atoms with Crippen LogP contribution < -0.4 is 5.32 Å². The standard InChI is InChI=1S/C11H20N2O3S.ClH/c1-9-8-17(15,16)6-5-13(9)11(14)7-10-3-2-4-12-10;/h9-10,12H,2-8H2,1H3;1H. The van der Waals surface area contributed by atoms with Crippen molar-refractivity contribution in [3.63, 3.8) is 0 Å². The van der Waals surface area contributed by atoms with Gasteiger partial charge >= 0.3 is 0 Å². The highest BCUT2D eigenvalue weighted by Gasteiger charge is 2.32. The molecule has 2 aliphatic rings. The lowest BCUT2D eigenvalue weighted by Gasteiger charge is -2.33. The highest BCUT2D eigenvalue weighted by molar-refractivity contribution is 7.91. The summed E-state index contributed by atoms with van der Waals surface area (Å²) in [7, 11) is -2.94. The lowest BCUT2D eigenvalue weighted by atomic mass is 10.1. The van der Waals surface area contributed by atoms with E-state index in [9.17, 15) is 13.2 Å². The van der Waals surface area contributed by atoms with Gasteiger partial charge in [0.1, 0.15) is 0 Å². The van der Waals surface area contributed by atoms with Crippen LogP contribution in [0.15, 0.2) is 0 Å². The SMILES string of the molecule is CC1CS(=O)(=O)CCN1C(=O)CC1CCCN1.Cl. The van der Waals surface area contributed by atoms with E-state index in [1.54, 1.807) is 4.90 Å². The minimum Gasteiger partial charge on any atom is -0.338 e. The molecule has 0 aliphatic carbocycles. The molecule has 5 nitrogen and oxygen atoms in total. The van der Waals surface area contributed by atoms with Gasteiger partial charge in [0.15, 0.2) is 9.84 Å². The minimum absolute atomic E-state index is 0. The van der Waals surface area contributed by atoms with Gasteiger partial charge in [-0.2, -0.15) is 0 Å². The number of carbonyl (C=O) groups excluding carboxylic acids is 1. The van der Waals surface area contributed by atoms with E-state index in [0.29, 0.717) is 13.0 Å². The van der Waals surface area contributed by atoms with Gasteiger partial charge < -0.3 is 10.2 Å². The fourth-order valence-electron chi connectivity index (χ4n) is 2.63. The van der Waals surface area contributed by atoms with Crippen LogP contribution in [0, 0.1) is 0 Å². The second kappa shape index (κ2) is 6.21. The van der Waals surface area contributed by atoms with Crippen molar-refractivity contribution >= 4 is 28.2 Å². The number of hydrogen-bond acceptors (Lipinski definition) is 4. The quantitative estimate of drug-likeness (QED) is 0.790. The van der Waals surface area contributed by atoms with Gasteiger partial charge in [0.2, 0.25) is 5.91 Å². The summed E-state index contributed by atoms with van der Waals surface area (Å²) in [5, 5.41) is 3.29. The molecule has 2 saturated heterocycles. The third-order valence-electron chi connectivity index (χ3n) is 3.57. The smallest absolute Gasteiger partial charge is 0.224 e. The zero-order valence-corrected chi connectivity index (χ0v) is 12.2. The van der Waals surface area contributed by atoms with E-state index < -0.39 is 9.84 Å². The summed E-state index contributed by atoms with van der Waals surface area (Å²) in [5.74, 6) is 0.310. The fraction of sp³-hybridized carbons (Fsp3) is 0.909. The van der Waals surface area contributed by atoms with Crippen LogP contribution in [-0.2, 0) is 14.6 Å². The van der Waals surface area contributed by atoms with Crippen LogP contribution in [0.4, 0.5) is 0 Å². The molecule has 2 aliphatic heterocycles. The Morgan fingerprint density at radius 2 is 2.17 bits per heavy atom. The third-order valence-corrected chi connectivity index (χ3v) is 5.37. The van der Waals surface area contributed by atoms with Gasteiger partial charge in [-0.05, 0) is 26.3 Å². The molecule has 106 valence electrons. The molecule has 0 aromatic heterocycles. The van der Waals surface area contributed by atoms with Crippen LogP contribution >= 0.6 is 12.4 Å². The molecule has 2 atom stereocenters. The molecule has 0 spiro atoms. The van der Waals surface area contributed by atoms with Crippen LogP contribution in [0.1, 0.15) is 26.2 Å². The monoisotopic (exact) mass is 296 g/mol. The second-order valence-electron chi connectivity index (χ2n) is 5.05. The Balaban J connectivity index is 0.00000162. The summed E-state index contributed by atoms with van der Waals surface area (Å²) < 4.78 is 22.8. The molecular weight excluding hydrogens is 276 g/mol. The molecule has 2 fully saturated rings. The number of amides is 1. The van der Waals surface area contributed by atoms with Crippen molar-refractivity contribution in [1.82, 2.24) is 10.2 Å².